The predicted molar refractivity (Wildman–Crippen MR) is 79.1 cm³/mol. The Hall–Kier alpha value is -0.870. The molecule has 2 rings (SSSR count). The molecule has 0 saturated heterocycles. The largest absolute Gasteiger partial charge is 0.333 e. The average molecular weight is 264 g/mol. The minimum atomic E-state index is 0.667. The third-order valence-electron chi connectivity index (χ3n) is 3.93. The predicted octanol–water partition coefficient (Wildman–Crippen LogP) is 2.26. The maximum Gasteiger partial charge on any atom is 0.122 e. The quantitative estimate of drug-likeness (QED) is 0.731. The first kappa shape index (κ1) is 14.5. The second-order valence-electron chi connectivity index (χ2n) is 5.66. The molecule has 1 aromatic rings. The van der Waals surface area contributed by atoms with E-state index in [1.807, 2.05) is 6.20 Å². The molecule has 4 nitrogen and oxygen atoms in total. The van der Waals surface area contributed by atoms with Crippen LogP contribution in [0.1, 0.15) is 45.4 Å². The third kappa shape index (κ3) is 4.62. The van der Waals surface area contributed by atoms with Crippen molar-refractivity contribution in [2.45, 2.75) is 58.7 Å². The van der Waals surface area contributed by atoms with Crippen molar-refractivity contribution in [1.29, 1.82) is 0 Å². The standard InChI is InChI=1S/C15H28N4/c1-3-7-16-14(2)6-4-5-9-18-11-12-19-10-8-17-15(19)13-18/h8,10,14,16H,3-7,9,11-13H2,1-2H3. The van der Waals surface area contributed by atoms with E-state index in [0.29, 0.717) is 6.04 Å². The highest BCUT2D eigenvalue weighted by atomic mass is 15.2. The molecule has 1 N–H and O–H groups in total. The summed E-state index contributed by atoms with van der Waals surface area (Å²) in [6.45, 7) is 10.2. The maximum atomic E-state index is 4.41. The minimum Gasteiger partial charge on any atom is -0.333 e. The Labute approximate surface area is 117 Å². The minimum absolute atomic E-state index is 0.667. The normalized spacial score (nSPS) is 17.4. The van der Waals surface area contributed by atoms with Crippen molar-refractivity contribution in [3.8, 4) is 0 Å². The van der Waals surface area contributed by atoms with Gasteiger partial charge in [0.2, 0.25) is 0 Å². The van der Waals surface area contributed by atoms with Crippen LogP contribution in [-0.2, 0) is 13.1 Å². The van der Waals surface area contributed by atoms with E-state index in [1.165, 1.54) is 44.6 Å². The number of imidazole rings is 1. The summed E-state index contributed by atoms with van der Waals surface area (Å²) in [5, 5.41) is 3.55. The monoisotopic (exact) mass is 264 g/mol. The summed E-state index contributed by atoms with van der Waals surface area (Å²) < 4.78 is 2.27. The number of nitrogens with zero attached hydrogens (tertiary/aromatic N) is 3. The van der Waals surface area contributed by atoms with Crippen LogP contribution >= 0.6 is 0 Å². The Kier molecular flexibility index (Phi) is 5.86. The summed E-state index contributed by atoms with van der Waals surface area (Å²) in [6, 6.07) is 0.667. The Bertz CT molecular complexity index is 361. The molecule has 0 spiro atoms. The van der Waals surface area contributed by atoms with Crippen LogP contribution in [0.15, 0.2) is 12.4 Å². The zero-order valence-electron chi connectivity index (χ0n) is 12.4. The molecule has 1 aliphatic rings. The van der Waals surface area contributed by atoms with Gasteiger partial charge in [-0.15, -0.1) is 0 Å². The van der Waals surface area contributed by atoms with Crippen molar-refractivity contribution in [1.82, 2.24) is 19.8 Å². The van der Waals surface area contributed by atoms with Crippen LogP contribution in [0.25, 0.3) is 0 Å². The van der Waals surface area contributed by atoms with E-state index in [1.54, 1.807) is 0 Å². The maximum absolute atomic E-state index is 4.41. The van der Waals surface area contributed by atoms with E-state index >= 15 is 0 Å². The molecule has 108 valence electrons. The van der Waals surface area contributed by atoms with Gasteiger partial charge in [0, 0.05) is 31.5 Å². The van der Waals surface area contributed by atoms with Crippen LogP contribution in [0, 0.1) is 0 Å². The lowest BCUT2D eigenvalue weighted by molar-refractivity contribution is 0.212. The Morgan fingerprint density at radius 3 is 3.11 bits per heavy atom. The number of nitrogens with one attached hydrogen (secondary N) is 1. The van der Waals surface area contributed by atoms with Crippen LogP contribution in [0.4, 0.5) is 0 Å². The van der Waals surface area contributed by atoms with E-state index < -0.39 is 0 Å². The van der Waals surface area contributed by atoms with Crippen molar-refractivity contribution >= 4 is 0 Å². The van der Waals surface area contributed by atoms with E-state index in [-0.39, 0.29) is 0 Å². The molecule has 1 atom stereocenters. The van der Waals surface area contributed by atoms with Gasteiger partial charge in [0.05, 0.1) is 6.54 Å². The average Bonchev–Trinajstić information content (AvgIpc) is 2.88. The molecule has 0 aromatic carbocycles. The number of aromatic nitrogens is 2. The third-order valence-corrected chi connectivity index (χ3v) is 3.93. The number of rotatable bonds is 8. The fraction of sp³-hybridized carbons (Fsp3) is 0.800. The molecule has 1 aromatic heterocycles. The molecule has 0 bridgehead atoms. The molecule has 0 fully saturated rings. The number of hydrogen-bond acceptors (Lipinski definition) is 3. The van der Waals surface area contributed by atoms with Gasteiger partial charge in [0.25, 0.3) is 0 Å². The van der Waals surface area contributed by atoms with Crippen molar-refractivity contribution in [3.05, 3.63) is 18.2 Å². The van der Waals surface area contributed by atoms with E-state index in [9.17, 15) is 0 Å². The lowest BCUT2D eigenvalue weighted by Gasteiger charge is -2.27. The topological polar surface area (TPSA) is 33.1 Å². The lowest BCUT2D eigenvalue weighted by atomic mass is 10.1. The second kappa shape index (κ2) is 7.65. The van der Waals surface area contributed by atoms with Crippen molar-refractivity contribution in [3.63, 3.8) is 0 Å². The van der Waals surface area contributed by atoms with Gasteiger partial charge in [-0.05, 0) is 39.3 Å². The smallest absolute Gasteiger partial charge is 0.122 e. The SMILES string of the molecule is CCCNC(C)CCCCN1CCn2ccnc2C1. The zero-order chi connectivity index (χ0) is 13.5. The van der Waals surface area contributed by atoms with Gasteiger partial charge in [-0.1, -0.05) is 13.3 Å². The number of hydrogen-bond donors (Lipinski definition) is 1. The Morgan fingerprint density at radius 1 is 1.37 bits per heavy atom. The molecule has 4 heteroatoms. The van der Waals surface area contributed by atoms with Gasteiger partial charge in [-0.3, -0.25) is 4.90 Å². The van der Waals surface area contributed by atoms with Gasteiger partial charge in [-0.2, -0.15) is 0 Å². The van der Waals surface area contributed by atoms with Crippen LogP contribution in [0.3, 0.4) is 0 Å². The van der Waals surface area contributed by atoms with Gasteiger partial charge in [0.15, 0.2) is 0 Å². The first-order valence-corrected chi connectivity index (χ1v) is 7.75. The summed E-state index contributed by atoms with van der Waals surface area (Å²) in [4.78, 5) is 6.94. The zero-order valence-corrected chi connectivity index (χ0v) is 12.4. The van der Waals surface area contributed by atoms with Crippen molar-refractivity contribution < 1.29 is 0 Å². The first-order chi connectivity index (χ1) is 9.29. The first-order valence-electron chi connectivity index (χ1n) is 7.75. The van der Waals surface area contributed by atoms with E-state index in [2.05, 4.69) is 39.8 Å². The molecular formula is C15H28N4. The molecule has 1 aliphatic heterocycles. The summed E-state index contributed by atoms with van der Waals surface area (Å²) in [5.74, 6) is 1.23. The second-order valence-corrected chi connectivity index (χ2v) is 5.66. The molecule has 0 aliphatic carbocycles. The highest BCUT2D eigenvalue weighted by molar-refractivity contribution is 4.95. The Balaban J connectivity index is 1.57. The molecule has 19 heavy (non-hydrogen) atoms. The van der Waals surface area contributed by atoms with Crippen LogP contribution in [-0.4, -0.2) is 40.1 Å². The van der Waals surface area contributed by atoms with Gasteiger partial charge < -0.3 is 9.88 Å². The summed E-state index contributed by atoms with van der Waals surface area (Å²) in [6.07, 6.45) is 9.16. The van der Waals surface area contributed by atoms with Crippen LogP contribution in [0.2, 0.25) is 0 Å². The summed E-state index contributed by atoms with van der Waals surface area (Å²) in [5.41, 5.74) is 0. The van der Waals surface area contributed by atoms with Gasteiger partial charge in [-0.25, -0.2) is 4.98 Å². The number of fused-ring (bicyclic) bond motifs is 1. The van der Waals surface area contributed by atoms with E-state index in [4.69, 9.17) is 0 Å². The van der Waals surface area contributed by atoms with Crippen molar-refractivity contribution in [2.75, 3.05) is 19.6 Å². The highest BCUT2D eigenvalue weighted by Gasteiger charge is 2.15. The molecule has 0 radical (unpaired) electrons. The molecule has 0 amide bonds. The summed E-state index contributed by atoms with van der Waals surface area (Å²) >= 11 is 0. The number of unbranched alkanes of at least 4 members (excludes halogenated alkanes) is 1. The molecule has 2 heterocycles. The molecule has 1 unspecified atom stereocenters. The van der Waals surface area contributed by atoms with E-state index in [0.717, 1.165) is 19.6 Å². The molecular weight excluding hydrogens is 236 g/mol. The molecule has 0 saturated carbocycles. The fourth-order valence-electron chi connectivity index (χ4n) is 2.69. The fourth-order valence-corrected chi connectivity index (χ4v) is 2.69. The van der Waals surface area contributed by atoms with Crippen LogP contribution < -0.4 is 5.32 Å². The lowest BCUT2D eigenvalue weighted by Crippen LogP contribution is -2.34. The van der Waals surface area contributed by atoms with Gasteiger partial charge in [0.1, 0.15) is 5.82 Å². The summed E-state index contributed by atoms with van der Waals surface area (Å²) in [7, 11) is 0. The highest BCUT2D eigenvalue weighted by Crippen LogP contribution is 2.11. The van der Waals surface area contributed by atoms with Crippen LogP contribution in [0.5, 0.6) is 0 Å². The Morgan fingerprint density at radius 2 is 2.26 bits per heavy atom. The van der Waals surface area contributed by atoms with Gasteiger partial charge >= 0.3 is 0 Å². The van der Waals surface area contributed by atoms with Crippen molar-refractivity contribution in [2.24, 2.45) is 0 Å².